The van der Waals surface area contributed by atoms with Crippen LogP contribution in [0, 0.1) is 5.92 Å². The van der Waals surface area contributed by atoms with E-state index in [4.69, 9.17) is 0 Å². The van der Waals surface area contributed by atoms with E-state index in [1.807, 2.05) is 19.9 Å². The predicted molar refractivity (Wildman–Crippen MR) is 60.3 cm³/mol. The summed E-state index contributed by atoms with van der Waals surface area (Å²) in [6.07, 6.45) is 1.12. The van der Waals surface area contributed by atoms with E-state index in [-0.39, 0.29) is 18.2 Å². The fourth-order valence-corrected chi connectivity index (χ4v) is 1.48. The van der Waals surface area contributed by atoms with Gasteiger partial charge in [-0.15, -0.1) is 5.10 Å². The summed E-state index contributed by atoms with van der Waals surface area (Å²) in [6, 6.07) is 5.37. The molecule has 1 unspecified atom stereocenters. The van der Waals surface area contributed by atoms with Crippen molar-refractivity contribution in [2.24, 2.45) is 5.92 Å². The first-order chi connectivity index (χ1) is 7.59. The maximum absolute atomic E-state index is 11.8. The number of rotatable bonds is 3. The topological polar surface area (TPSA) is 59.5 Å². The van der Waals surface area contributed by atoms with Gasteiger partial charge >= 0.3 is 5.69 Å². The Hall–Kier alpha value is -1.62. The van der Waals surface area contributed by atoms with Gasteiger partial charge in [-0.2, -0.15) is 0 Å². The summed E-state index contributed by atoms with van der Waals surface area (Å²) in [5, 5.41) is 13.9. The summed E-state index contributed by atoms with van der Waals surface area (Å²) < 4.78 is 2.77. The van der Waals surface area contributed by atoms with Crippen LogP contribution in [0.1, 0.15) is 13.8 Å². The van der Waals surface area contributed by atoms with Crippen LogP contribution in [0.3, 0.4) is 0 Å². The van der Waals surface area contributed by atoms with Gasteiger partial charge in [-0.1, -0.05) is 19.9 Å². The van der Waals surface area contributed by atoms with Crippen molar-refractivity contribution in [3.05, 3.63) is 34.9 Å². The van der Waals surface area contributed by atoms with Gasteiger partial charge < -0.3 is 5.11 Å². The lowest BCUT2D eigenvalue weighted by Crippen LogP contribution is -2.29. The maximum atomic E-state index is 11.8. The van der Waals surface area contributed by atoms with Gasteiger partial charge in [0.05, 0.1) is 12.6 Å². The molecule has 0 aromatic carbocycles. The van der Waals surface area contributed by atoms with Crippen LogP contribution in [-0.2, 0) is 6.54 Å². The van der Waals surface area contributed by atoms with E-state index in [1.165, 1.54) is 9.08 Å². The molecule has 16 heavy (non-hydrogen) atoms. The Bertz CT molecular complexity index is 541. The zero-order valence-electron chi connectivity index (χ0n) is 9.37. The Morgan fingerprint density at radius 3 is 2.81 bits per heavy atom. The average molecular weight is 221 g/mol. The van der Waals surface area contributed by atoms with Crippen molar-refractivity contribution in [3.63, 3.8) is 0 Å². The highest BCUT2D eigenvalue weighted by Gasteiger charge is 2.13. The number of aliphatic hydroxyl groups excluding tert-OH is 1. The van der Waals surface area contributed by atoms with E-state index in [1.54, 1.807) is 18.3 Å². The van der Waals surface area contributed by atoms with Crippen molar-refractivity contribution >= 4 is 5.65 Å². The molecule has 1 atom stereocenters. The number of aliphatic hydroxyl groups is 1. The summed E-state index contributed by atoms with van der Waals surface area (Å²) in [7, 11) is 0. The zero-order valence-corrected chi connectivity index (χ0v) is 9.37. The quantitative estimate of drug-likeness (QED) is 0.821. The highest BCUT2D eigenvalue weighted by Crippen LogP contribution is 2.03. The van der Waals surface area contributed by atoms with E-state index < -0.39 is 6.10 Å². The van der Waals surface area contributed by atoms with Gasteiger partial charge in [-0.3, -0.25) is 4.40 Å². The van der Waals surface area contributed by atoms with E-state index in [2.05, 4.69) is 5.10 Å². The lowest BCUT2D eigenvalue weighted by Gasteiger charge is -2.12. The minimum atomic E-state index is -0.553. The largest absolute Gasteiger partial charge is 0.391 e. The third kappa shape index (κ3) is 1.86. The van der Waals surface area contributed by atoms with Crippen molar-refractivity contribution in [1.82, 2.24) is 14.2 Å². The molecule has 2 heterocycles. The Morgan fingerprint density at radius 1 is 1.44 bits per heavy atom. The second-order valence-electron chi connectivity index (χ2n) is 4.20. The molecular formula is C11H15N3O2. The molecule has 0 bridgehead atoms. The summed E-state index contributed by atoms with van der Waals surface area (Å²) in [5.74, 6) is 0.108. The second kappa shape index (κ2) is 4.09. The van der Waals surface area contributed by atoms with Crippen molar-refractivity contribution in [2.75, 3.05) is 0 Å². The molecule has 0 fully saturated rings. The molecule has 0 aliphatic heterocycles. The number of fused-ring (bicyclic) bond motifs is 1. The summed E-state index contributed by atoms with van der Waals surface area (Å²) >= 11 is 0. The van der Waals surface area contributed by atoms with Gasteiger partial charge in [0.1, 0.15) is 0 Å². The van der Waals surface area contributed by atoms with Crippen LogP contribution in [0.4, 0.5) is 0 Å². The van der Waals surface area contributed by atoms with Gasteiger partial charge in [0, 0.05) is 6.20 Å². The van der Waals surface area contributed by atoms with E-state index in [9.17, 15) is 9.90 Å². The smallest absolute Gasteiger partial charge is 0.350 e. The molecule has 0 saturated heterocycles. The molecule has 2 aromatic heterocycles. The van der Waals surface area contributed by atoms with Crippen LogP contribution in [0.25, 0.3) is 5.65 Å². The summed E-state index contributed by atoms with van der Waals surface area (Å²) in [6.45, 7) is 4.05. The molecule has 5 nitrogen and oxygen atoms in total. The number of hydrogen-bond donors (Lipinski definition) is 1. The fourth-order valence-electron chi connectivity index (χ4n) is 1.48. The molecule has 1 N–H and O–H groups in total. The van der Waals surface area contributed by atoms with Gasteiger partial charge in [0.25, 0.3) is 0 Å². The van der Waals surface area contributed by atoms with Gasteiger partial charge in [-0.05, 0) is 18.1 Å². The SMILES string of the molecule is CC(C)C(O)Cn1nc2ccccn2c1=O. The molecule has 2 rings (SSSR count). The van der Waals surface area contributed by atoms with E-state index in [0.29, 0.717) is 5.65 Å². The Balaban J connectivity index is 2.39. The van der Waals surface area contributed by atoms with Crippen molar-refractivity contribution < 1.29 is 5.11 Å². The van der Waals surface area contributed by atoms with Crippen LogP contribution < -0.4 is 5.69 Å². The Morgan fingerprint density at radius 2 is 2.19 bits per heavy atom. The molecule has 0 aliphatic rings. The van der Waals surface area contributed by atoms with Crippen molar-refractivity contribution in [2.45, 2.75) is 26.5 Å². The minimum Gasteiger partial charge on any atom is -0.391 e. The summed E-state index contributed by atoms with van der Waals surface area (Å²) in [5.41, 5.74) is 0.388. The molecule has 5 heteroatoms. The molecule has 0 amide bonds. The highest BCUT2D eigenvalue weighted by atomic mass is 16.3. The summed E-state index contributed by atoms with van der Waals surface area (Å²) in [4.78, 5) is 11.8. The average Bonchev–Trinajstić information content (AvgIpc) is 2.56. The molecule has 0 spiro atoms. The fraction of sp³-hybridized carbons (Fsp3) is 0.455. The lowest BCUT2D eigenvalue weighted by atomic mass is 10.1. The molecule has 0 aliphatic carbocycles. The first-order valence-electron chi connectivity index (χ1n) is 5.32. The van der Waals surface area contributed by atoms with Crippen LogP contribution in [0.5, 0.6) is 0 Å². The first kappa shape index (κ1) is 10.9. The van der Waals surface area contributed by atoms with Gasteiger partial charge in [0.2, 0.25) is 0 Å². The highest BCUT2D eigenvalue weighted by molar-refractivity contribution is 5.35. The first-order valence-corrected chi connectivity index (χ1v) is 5.32. The van der Waals surface area contributed by atoms with Crippen LogP contribution in [0.15, 0.2) is 29.2 Å². The third-order valence-corrected chi connectivity index (χ3v) is 2.62. The number of hydrogen-bond acceptors (Lipinski definition) is 3. The normalized spacial score (nSPS) is 13.5. The minimum absolute atomic E-state index is 0.108. The third-order valence-electron chi connectivity index (χ3n) is 2.62. The molecule has 86 valence electrons. The van der Waals surface area contributed by atoms with Crippen molar-refractivity contribution in [3.8, 4) is 0 Å². The van der Waals surface area contributed by atoms with Crippen LogP contribution >= 0.6 is 0 Å². The van der Waals surface area contributed by atoms with E-state index in [0.717, 1.165) is 0 Å². The van der Waals surface area contributed by atoms with Crippen molar-refractivity contribution in [1.29, 1.82) is 0 Å². The molecule has 0 saturated carbocycles. The molecular weight excluding hydrogens is 206 g/mol. The second-order valence-corrected chi connectivity index (χ2v) is 4.20. The monoisotopic (exact) mass is 221 g/mol. The zero-order chi connectivity index (χ0) is 11.7. The predicted octanol–water partition coefficient (Wildman–Crippen LogP) is 0.513. The van der Waals surface area contributed by atoms with Crippen LogP contribution in [-0.4, -0.2) is 25.4 Å². The number of pyridine rings is 1. The standard InChI is InChI=1S/C11H15N3O2/c1-8(2)9(15)7-14-11(16)13-6-4-3-5-10(13)12-14/h3-6,8-9,15H,7H2,1-2H3. The number of nitrogens with zero attached hydrogens (tertiary/aromatic N) is 3. The Labute approximate surface area is 92.9 Å². The molecule has 0 radical (unpaired) electrons. The maximum Gasteiger partial charge on any atom is 0.350 e. The Kier molecular flexibility index (Phi) is 2.78. The van der Waals surface area contributed by atoms with Crippen LogP contribution in [0.2, 0.25) is 0 Å². The van der Waals surface area contributed by atoms with Gasteiger partial charge in [-0.25, -0.2) is 9.48 Å². The lowest BCUT2D eigenvalue weighted by molar-refractivity contribution is 0.102. The molecule has 2 aromatic rings. The van der Waals surface area contributed by atoms with E-state index >= 15 is 0 Å². The number of aromatic nitrogens is 3. The van der Waals surface area contributed by atoms with Gasteiger partial charge in [0.15, 0.2) is 5.65 Å².